The molecule has 0 radical (unpaired) electrons. The topological polar surface area (TPSA) is 54.3 Å². The van der Waals surface area contributed by atoms with Gasteiger partial charge in [-0.05, 0) is 43.9 Å². The monoisotopic (exact) mass is 275 g/mol. The van der Waals surface area contributed by atoms with E-state index >= 15 is 0 Å². The van der Waals surface area contributed by atoms with Crippen molar-refractivity contribution < 1.29 is 4.79 Å². The zero-order chi connectivity index (χ0) is 14.1. The fraction of sp³-hybridized carbons (Fsp3) is 0.600. The summed E-state index contributed by atoms with van der Waals surface area (Å²) in [6.45, 7) is 1.61. The quantitative estimate of drug-likeness (QED) is 0.877. The van der Waals surface area contributed by atoms with Crippen LogP contribution >= 0.6 is 0 Å². The highest BCUT2D eigenvalue weighted by atomic mass is 16.2. The van der Waals surface area contributed by atoms with Crippen LogP contribution < -0.4 is 10.9 Å². The average molecular weight is 275 g/mol. The summed E-state index contributed by atoms with van der Waals surface area (Å²) < 4.78 is 1.56. The number of carbonyl (C=O) groups excluding carboxylic acids is 1. The van der Waals surface area contributed by atoms with Crippen molar-refractivity contribution in [3.8, 4) is 0 Å². The molecular formula is C15H21N3O2. The van der Waals surface area contributed by atoms with Crippen molar-refractivity contribution in [1.29, 1.82) is 0 Å². The zero-order valence-corrected chi connectivity index (χ0v) is 11.8. The molecule has 0 spiro atoms. The molecule has 1 saturated heterocycles. The summed E-state index contributed by atoms with van der Waals surface area (Å²) in [5, 5.41) is 3.09. The number of aryl methyl sites for hydroxylation is 1. The van der Waals surface area contributed by atoms with Gasteiger partial charge in [0.05, 0.1) is 6.04 Å². The van der Waals surface area contributed by atoms with Crippen molar-refractivity contribution in [3.63, 3.8) is 0 Å². The standard InChI is InChI=1S/C15H21N3O2/c1-17-8-6-11(9-14(17)19)10-18-7-2-3-13(18)15(20)16-12-4-5-12/h6,8-9,12-13H,2-5,7,10H2,1H3,(H,16,20)/t13-/m0/s1. The van der Waals surface area contributed by atoms with E-state index in [0.717, 1.165) is 37.8 Å². The molecule has 1 aliphatic heterocycles. The minimum atomic E-state index is -0.0281. The Hall–Kier alpha value is -1.62. The van der Waals surface area contributed by atoms with Gasteiger partial charge in [-0.2, -0.15) is 0 Å². The first-order chi connectivity index (χ1) is 9.63. The van der Waals surface area contributed by atoms with Crippen LogP contribution in [0, 0.1) is 0 Å². The summed E-state index contributed by atoms with van der Waals surface area (Å²) in [6, 6.07) is 4.00. The van der Waals surface area contributed by atoms with E-state index in [-0.39, 0.29) is 17.5 Å². The van der Waals surface area contributed by atoms with Crippen LogP contribution in [0.1, 0.15) is 31.2 Å². The summed E-state index contributed by atoms with van der Waals surface area (Å²) >= 11 is 0. The molecule has 5 nitrogen and oxygen atoms in total. The average Bonchev–Trinajstić information content (AvgIpc) is 3.10. The lowest BCUT2D eigenvalue weighted by atomic mass is 10.2. The molecule has 5 heteroatoms. The van der Waals surface area contributed by atoms with Crippen molar-refractivity contribution in [3.05, 3.63) is 34.2 Å². The van der Waals surface area contributed by atoms with E-state index < -0.39 is 0 Å². The Kier molecular flexibility index (Phi) is 3.61. The Morgan fingerprint density at radius 1 is 1.40 bits per heavy atom. The predicted molar refractivity (Wildman–Crippen MR) is 76.3 cm³/mol. The van der Waals surface area contributed by atoms with Crippen molar-refractivity contribution in [2.75, 3.05) is 6.54 Å². The van der Waals surface area contributed by atoms with Gasteiger partial charge in [0.2, 0.25) is 5.91 Å². The smallest absolute Gasteiger partial charge is 0.250 e. The largest absolute Gasteiger partial charge is 0.352 e. The molecule has 3 rings (SSSR count). The first-order valence-electron chi connectivity index (χ1n) is 7.33. The molecule has 0 bridgehead atoms. The predicted octanol–water partition coefficient (Wildman–Crippen LogP) is 0.628. The molecule has 2 fully saturated rings. The number of hydrogen-bond donors (Lipinski definition) is 1. The van der Waals surface area contributed by atoms with Crippen LogP contribution in [0.5, 0.6) is 0 Å². The Balaban J connectivity index is 1.66. The molecule has 1 amide bonds. The van der Waals surface area contributed by atoms with Gasteiger partial charge in [0.15, 0.2) is 0 Å². The van der Waals surface area contributed by atoms with Gasteiger partial charge in [0.1, 0.15) is 0 Å². The maximum atomic E-state index is 12.2. The fourth-order valence-corrected chi connectivity index (χ4v) is 2.76. The van der Waals surface area contributed by atoms with E-state index in [0.29, 0.717) is 12.6 Å². The summed E-state index contributed by atoms with van der Waals surface area (Å²) in [5.41, 5.74) is 0.986. The van der Waals surface area contributed by atoms with Crippen LogP contribution in [-0.2, 0) is 18.4 Å². The Morgan fingerprint density at radius 3 is 2.90 bits per heavy atom. The Morgan fingerprint density at radius 2 is 2.20 bits per heavy atom. The molecule has 2 heterocycles. The molecular weight excluding hydrogens is 254 g/mol. The number of nitrogens with zero attached hydrogens (tertiary/aromatic N) is 2. The second kappa shape index (κ2) is 5.40. The molecule has 2 aliphatic rings. The van der Waals surface area contributed by atoms with Crippen LogP contribution in [0.15, 0.2) is 23.1 Å². The van der Waals surface area contributed by atoms with Gasteiger partial charge < -0.3 is 9.88 Å². The van der Waals surface area contributed by atoms with Crippen molar-refractivity contribution in [2.45, 2.75) is 44.3 Å². The summed E-state index contributed by atoms with van der Waals surface area (Å²) in [4.78, 5) is 26.0. The highest BCUT2D eigenvalue weighted by Gasteiger charge is 2.33. The van der Waals surface area contributed by atoms with Gasteiger partial charge in [-0.1, -0.05) is 0 Å². The molecule has 1 saturated carbocycles. The lowest BCUT2D eigenvalue weighted by molar-refractivity contribution is -0.125. The molecule has 0 unspecified atom stereocenters. The number of nitrogens with one attached hydrogen (secondary N) is 1. The lowest BCUT2D eigenvalue weighted by Gasteiger charge is -2.23. The van der Waals surface area contributed by atoms with Gasteiger partial charge in [-0.3, -0.25) is 14.5 Å². The second-order valence-electron chi connectivity index (χ2n) is 5.90. The lowest BCUT2D eigenvalue weighted by Crippen LogP contribution is -2.43. The number of amides is 1. The van der Waals surface area contributed by atoms with Crippen LogP contribution in [0.3, 0.4) is 0 Å². The van der Waals surface area contributed by atoms with Gasteiger partial charge >= 0.3 is 0 Å². The van der Waals surface area contributed by atoms with Crippen molar-refractivity contribution in [1.82, 2.24) is 14.8 Å². The van der Waals surface area contributed by atoms with Gasteiger partial charge in [0.25, 0.3) is 5.56 Å². The number of rotatable bonds is 4. The highest BCUT2D eigenvalue weighted by Crippen LogP contribution is 2.23. The Bertz CT molecular complexity index is 562. The highest BCUT2D eigenvalue weighted by molar-refractivity contribution is 5.82. The van der Waals surface area contributed by atoms with Crippen LogP contribution in [-0.4, -0.2) is 34.0 Å². The third-order valence-corrected chi connectivity index (χ3v) is 4.14. The first-order valence-corrected chi connectivity index (χ1v) is 7.33. The second-order valence-corrected chi connectivity index (χ2v) is 5.90. The van der Waals surface area contributed by atoms with Crippen molar-refractivity contribution in [2.24, 2.45) is 7.05 Å². The zero-order valence-electron chi connectivity index (χ0n) is 11.8. The minimum Gasteiger partial charge on any atom is -0.352 e. The van der Waals surface area contributed by atoms with Gasteiger partial charge in [-0.15, -0.1) is 0 Å². The third kappa shape index (κ3) is 2.93. The third-order valence-electron chi connectivity index (χ3n) is 4.14. The number of carbonyl (C=O) groups is 1. The van der Waals surface area contributed by atoms with E-state index in [1.165, 1.54) is 0 Å². The van der Waals surface area contributed by atoms with E-state index in [1.54, 1.807) is 23.9 Å². The van der Waals surface area contributed by atoms with E-state index in [4.69, 9.17) is 0 Å². The molecule has 0 aromatic carbocycles. The van der Waals surface area contributed by atoms with E-state index in [2.05, 4.69) is 10.2 Å². The Labute approximate surface area is 118 Å². The molecule has 1 aromatic heterocycles. The van der Waals surface area contributed by atoms with Gasteiger partial charge in [-0.25, -0.2) is 0 Å². The fourth-order valence-electron chi connectivity index (χ4n) is 2.76. The summed E-state index contributed by atoms with van der Waals surface area (Å²) in [6.07, 6.45) is 5.99. The maximum Gasteiger partial charge on any atom is 0.250 e. The minimum absolute atomic E-state index is 0.000629. The molecule has 108 valence electrons. The number of hydrogen-bond acceptors (Lipinski definition) is 3. The van der Waals surface area contributed by atoms with E-state index in [9.17, 15) is 9.59 Å². The van der Waals surface area contributed by atoms with Crippen LogP contribution in [0.4, 0.5) is 0 Å². The van der Waals surface area contributed by atoms with Gasteiger partial charge in [0, 0.05) is 31.9 Å². The summed E-state index contributed by atoms with van der Waals surface area (Å²) in [7, 11) is 1.74. The van der Waals surface area contributed by atoms with Crippen molar-refractivity contribution >= 4 is 5.91 Å². The number of pyridine rings is 1. The first kappa shape index (κ1) is 13.4. The SMILES string of the molecule is Cn1ccc(CN2CCC[C@H]2C(=O)NC2CC2)cc1=O. The van der Waals surface area contributed by atoms with Crippen LogP contribution in [0.25, 0.3) is 0 Å². The molecule has 1 aromatic rings. The molecule has 1 atom stereocenters. The van der Waals surface area contributed by atoms with Crippen LogP contribution in [0.2, 0.25) is 0 Å². The molecule has 1 N–H and O–H groups in total. The molecule has 1 aliphatic carbocycles. The number of aromatic nitrogens is 1. The normalized spacial score (nSPS) is 22.9. The van der Waals surface area contributed by atoms with E-state index in [1.807, 2.05) is 6.07 Å². The molecule has 20 heavy (non-hydrogen) atoms. The summed E-state index contributed by atoms with van der Waals surface area (Å²) in [5.74, 6) is 0.161. The number of likely N-dealkylation sites (tertiary alicyclic amines) is 1. The maximum absolute atomic E-state index is 12.2.